The summed E-state index contributed by atoms with van der Waals surface area (Å²) < 4.78 is 9.25. The Morgan fingerprint density at radius 1 is 1.82 bits per heavy atom. The Morgan fingerprint density at radius 3 is 3.09 bits per heavy atom. The molecular formula is C6H8O4S. The van der Waals surface area contributed by atoms with Gasteiger partial charge in [0.25, 0.3) is 0 Å². The molecule has 1 atom stereocenters. The van der Waals surface area contributed by atoms with Gasteiger partial charge in [-0.3, -0.25) is 4.79 Å². The zero-order valence-electron chi connectivity index (χ0n) is 6.03. The highest BCUT2D eigenvalue weighted by molar-refractivity contribution is 7.99. The number of hydrogen-bond donors (Lipinski definition) is 0. The molecule has 0 aromatic heterocycles. The summed E-state index contributed by atoms with van der Waals surface area (Å²) in [6, 6.07) is 0. The van der Waals surface area contributed by atoms with E-state index in [2.05, 4.69) is 4.74 Å². The summed E-state index contributed by atoms with van der Waals surface area (Å²) in [6.45, 7) is 0. The Kier molecular flexibility index (Phi) is 2.90. The molecule has 0 aromatic rings. The summed E-state index contributed by atoms with van der Waals surface area (Å²) in [7, 11) is 1.24. The van der Waals surface area contributed by atoms with Crippen LogP contribution in [0.3, 0.4) is 0 Å². The minimum atomic E-state index is -0.985. The van der Waals surface area contributed by atoms with Gasteiger partial charge >= 0.3 is 5.97 Å². The smallest absolute Gasteiger partial charge is 0.342 e. The van der Waals surface area contributed by atoms with Crippen molar-refractivity contribution in [1.29, 1.82) is 0 Å². The van der Waals surface area contributed by atoms with Crippen LogP contribution in [0.5, 0.6) is 0 Å². The quantitative estimate of drug-likeness (QED) is 0.409. The fraction of sp³-hybridized carbons (Fsp3) is 0.667. The van der Waals surface area contributed by atoms with E-state index in [1.54, 1.807) is 0 Å². The van der Waals surface area contributed by atoms with Gasteiger partial charge in [-0.15, -0.1) is 11.8 Å². The van der Waals surface area contributed by atoms with Crippen LogP contribution in [0.1, 0.15) is 0 Å². The van der Waals surface area contributed by atoms with E-state index in [-0.39, 0.29) is 5.78 Å². The molecule has 0 N–H and O–H groups in total. The number of methoxy groups -OCH3 is 1. The van der Waals surface area contributed by atoms with Crippen LogP contribution < -0.4 is 0 Å². The van der Waals surface area contributed by atoms with Gasteiger partial charge in [0.05, 0.1) is 18.8 Å². The summed E-state index contributed by atoms with van der Waals surface area (Å²) in [5.74, 6) is -0.103. The topological polar surface area (TPSA) is 52.6 Å². The fourth-order valence-corrected chi connectivity index (χ4v) is 1.40. The number of rotatable bonds is 1. The monoisotopic (exact) mass is 176 g/mol. The minimum absolute atomic E-state index is 0.215. The first-order chi connectivity index (χ1) is 5.25. The first kappa shape index (κ1) is 8.55. The third-order valence-electron chi connectivity index (χ3n) is 1.27. The van der Waals surface area contributed by atoms with Crippen molar-refractivity contribution >= 4 is 23.5 Å². The standard InChI is InChI=1S/C6H8O4S/c1-9-6(8)5-4(7)2-11-3-10-5/h5H,2-3H2,1H3. The van der Waals surface area contributed by atoms with Gasteiger partial charge in [0.1, 0.15) is 0 Å². The Balaban J connectivity index is 2.54. The second-order valence-corrected chi connectivity index (χ2v) is 2.94. The minimum Gasteiger partial charge on any atom is -0.467 e. The van der Waals surface area contributed by atoms with E-state index in [0.717, 1.165) is 0 Å². The molecule has 5 heteroatoms. The second-order valence-electron chi connectivity index (χ2n) is 2.00. The molecule has 0 aromatic carbocycles. The molecule has 0 saturated carbocycles. The van der Waals surface area contributed by atoms with Gasteiger partial charge in [0.15, 0.2) is 5.78 Å². The van der Waals surface area contributed by atoms with Gasteiger partial charge in [-0.1, -0.05) is 0 Å². The highest BCUT2D eigenvalue weighted by Gasteiger charge is 2.30. The average molecular weight is 176 g/mol. The normalized spacial score (nSPS) is 24.8. The van der Waals surface area contributed by atoms with Gasteiger partial charge in [0.2, 0.25) is 6.10 Å². The van der Waals surface area contributed by atoms with E-state index in [4.69, 9.17) is 4.74 Å². The van der Waals surface area contributed by atoms with Crippen molar-refractivity contribution in [2.75, 3.05) is 18.8 Å². The van der Waals surface area contributed by atoms with Crippen molar-refractivity contribution in [2.45, 2.75) is 6.10 Å². The molecule has 1 unspecified atom stereocenters. The van der Waals surface area contributed by atoms with Crippen molar-refractivity contribution in [3.8, 4) is 0 Å². The molecule has 1 fully saturated rings. The summed E-state index contributed by atoms with van der Waals surface area (Å²) in [6.07, 6.45) is -0.985. The number of esters is 1. The van der Waals surface area contributed by atoms with Crippen LogP contribution >= 0.6 is 11.8 Å². The summed E-state index contributed by atoms with van der Waals surface area (Å²) in [4.78, 5) is 21.7. The van der Waals surface area contributed by atoms with Crippen molar-refractivity contribution in [1.82, 2.24) is 0 Å². The first-order valence-corrected chi connectivity index (χ1v) is 4.21. The maximum atomic E-state index is 10.9. The molecule has 0 aliphatic carbocycles. The van der Waals surface area contributed by atoms with E-state index in [9.17, 15) is 9.59 Å². The lowest BCUT2D eigenvalue weighted by Crippen LogP contribution is -2.38. The zero-order valence-corrected chi connectivity index (χ0v) is 6.85. The Labute approximate surface area is 68.2 Å². The van der Waals surface area contributed by atoms with Crippen LogP contribution in [0.2, 0.25) is 0 Å². The van der Waals surface area contributed by atoms with Crippen LogP contribution in [-0.2, 0) is 19.1 Å². The molecular weight excluding hydrogens is 168 g/mol. The van der Waals surface area contributed by atoms with Gasteiger partial charge in [-0.05, 0) is 0 Å². The van der Waals surface area contributed by atoms with Crippen LogP contribution in [-0.4, -0.2) is 36.7 Å². The number of thioether (sulfide) groups is 1. The largest absolute Gasteiger partial charge is 0.467 e. The first-order valence-electron chi connectivity index (χ1n) is 3.05. The van der Waals surface area contributed by atoms with Crippen LogP contribution in [0.15, 0.2) is 0 Å². The predicted octanol–water partition coefficient (Wildman–Crippen LogP) is -0.182. The lowest BCUT2D eigenvalue weighted by atomic mass is 10.2. The molecule has 1 rings (SSSR count). The number of ether oxygens (including phenoxy) is 2. The maximum absolute atomic E-state index is 10.9. The lowest BCUT2D eigenvalue weighted by Gasteiger charge is -2.18. The van der Waals surface area contributed by atoms with E-state index in [1.807, 2.05) is 0 Å². The van der Waals surface area contributed by atoms with E-state index in [0.29, 0.717) is 11.7 Å². The third kappa shape index (κ3) is 1.94. The molecule has 62 valence electrons. The van der Waals surface area contributed by atoms with Crippen molar-refractivity contribution in [2.24, 2.45) is 0 Å². The third-order valence-corrected chi connectivity index (χ3v) is 2.06. The number of ketones is 1. The highest BCUT2D eigenvalue weighted by atomic mass is 32.2. The van der Waals surface area contributed by atoms with E-state index >= 15 is 0 Å². The summed E-state index contributed by atoms with van der Waals surface area (Å²) >= 11 is 1.36. The SMILES string of the molecule is COC(=O)C1OCSCC1=O. The van der Waals surface area contributed by atoms with Gasteiger partial charge in [-0.2, -0.15) is 0 Å². The Bertz CT molecular complexity index is 171. The molecule has 11 heavy (non-hydrogen) atoms. The summed E-state index contributed by atoms with van der Waals surface area (Å²) in [5, 5.41) is 0. The van der Waals surface area contributed by atoms with Crippen molar-refractivity contribution < 1.29 is 19.1 Å². The lowest BCUT2D eigenvalue weighted by molar-refractivity contribution is -0.157. The van der Waals surface area contributed by atoms with Crippen LogP contribution in [0.4, 0.5) is 0 Å². The highest BCUT2D eigenvalue weighted by Crippen LogP contribution is 2.13. The Morgan fingerprint density at radius 2 is 2.55 bits per heavy atom. The molecule has 1 aliphatic rings. The van der Waals surface area contributed by atoms with Gasteiger partial charge in [0, 0.05) is 0 Å². The molecule has 1 heterocycles. The van der Waals surface area contributed by atoms with Gasteiger partial charge < -0.3 is 9.47 Å². The Hall–Kier alpha value is -0.550. The number of hydrogen-bond acceptors (Lipinski definition) is 5. The summed E-state index contributed by atoms with van der Waals surface area (Å²) in [5.41, 5.74) is 0. The average Bonchev–Trinajstić information content (AvgIpc) is 2.04. The van der Waals surface area contributed by atoms with Crippen molar-refractivity contribution in [3.05, 3.63) is 0 Å². The molecule has 0 spiro atoms. The van der Waals surface area contributed by atoms with Crippen LogP contribution in [0.25, 0.3) is 0 Å². The fourth-order valence-electron chi connectivity index (χ4n) is 0.734. The molecule has 0 amide bonds. The molecule has 0 radical (unpaired) electrons. The number of carbonyl (C=O) groups excluding carboxylic acids is 2. The number of Topliss-reactive ketones (excluding diaryl/α,β-unsaturated/α-hetero) is 1. The molecule has 0 bridgehead atoms. The van der Waals surface area contributed by atoms with E-state index in [1.165, 1.54) is 18.9 Å². The predicted molar refractivity (Wildman–Crippen MR) is 39.2 cm³/mol. The number of carbonyl (C=O) groups is 2. The second kappa shape index (κ2) is 3.73. The molecule has 1 aliphatic heterocycles. The van der Waals surface area contributed by atoms with E-state index < -0.39 is 12.1 Å². The van der Waals surface area contributed by atoms with Crippen molar-refractivity contribution in [3.63, 3.8) is 0 Å². The zero-order chi connectivity index (χ0) is 8.27. The molecule has 1 saturated heterocycles. The van der Waals surface area contributed by atoms with Gasteiger partial charge in [-0.25, -0.2) is 4.79 Å². The molecule has 4 nitrogen and oxygen atoms in total. The van der Waals surface area contributed by atoms with Crippen LogP contribution in [0, 0.1) is 0 Å². The maximum Gasteiger partial charge on any atom is 0.342 e.